The first-order valence-corrected chi connectivity index (χ1v) is 5.75. The second-order valence-corrected chi connectivity index (χ2v) is 5.11. The first-order valence-electron chi connectivity index (χ1n) is 5.75. The second-order valence-electron chi connectivity index (χ2n) is 5.11. The van der Waals surface area contributed by atoms with Gasteiger partial charge in [0.2, 0.25) is 0 Å². The normalized spacial score (nSPS) is 18.4. The average molecular weight is 294 g/mol. The van der Waals surface area contributed by atoms with Gasteiger partial charge in [0.15, 0.2) is 11.4 Å². The number of carbonyl (C=O) groups excluding carboxylic acids is 1. The standard InChI is InChI=1S/C13H11F5O2/c1-11(2)10(19)6-7-5-8(3-4-9(7)20-11)12(14,15)13(16,17)18/h3-5H,6H2,1-2H3. The lowest BCUT2D eigenvalue weighted by atomic mass is 9.91. The van der Waals surface area contributed by atoms with E-state index in [0.29, 0.717) is 12.1 Å². The Morgan fingerprint density at radius 3 is 2.30 bits per heavy atom. The minimum Gasteiger partial charge on any atom is -0.480 e. The zero-order valence-corrected chi connectivity index (χ0v) is 10.6. The van der Waals surface area contributed by atoms with E-state index in [2.05, 4.69) is 0 Å². The predicted octanol–water partition coefficient (Wildman–Crippen LogP) is 3.62. The molecule has 110 valence electrons. The Morgan fingerprint density at radius 1 is 1.15 bits per heavy atom. The van der Waals surface area contributed by atoms with E-state index >= 15 is 0 Å². The maximum Gasteiger partial charge on any atom is 0.458 e. The van der Waals surface area contributed by atoms with Gasteiger partial charge in [-0.1, -0.05) is 0 Å². The average Bonchev–Trinajstić information content (AvgIpc) is 2.28. The first-order chi connectivity index (χ1) is 8.95. The molecule has 0 bridgehead atoms. The Balaban J connectivity index is 2.45. The molecule has 0 aliphatic carbocycles. The van der Waals surface area contributed by atoms with Crippen molar-refractivity contribution in [2.45, 2.75) is 38.0 Å². The molecule has 1 aromatic rings. The van der Waals surface area contributed by atoms with E-state index in [1.807, 2.05) is 0 Å². The molecule has 0 saturated heterocycles. The van der Waals surface area contributed by atoms with E-state index in [-0.39, 0.29) is 23.5 Å². The number of ketones is 1. The minimum absolute atomic E-state index is 0.0377. The first kappa shape index (κ1) is 14.7. The Hall–Kier alpha value is -1.66. The van der Waals surface area contributed by atoms with Crippen LogP contribution in [0.3, 0.4) is 0 Å². The molecule has 2 nitrogen and oxygen atoms in total. The topological polar surface area (TPSA) is 26.3 Å². The highest BCUT2D eigenvalue weighted by Crippen LogP contribution is 2.45. The van der Waals surface area contributed by atoms with Crippen LogP contribution in [0.4, 0.5) is 22.0 Å². The van der Waals surface area contributed by atoms with Crippen LogP contribution >= 0.6 is 0 Å². The van der Waals surface area contributed by atoms with Crippen LogP contribution in [0.25, 0.3) is 0 Å². The zero-order valence-electron chi connectivity index (χ0n) is 10.6. The molecule has 0 radical (unpaired) electrons. The largest absolute Gasteiger partial charge is 0.480 e. The third-order valence-corrected chi connectivity index (χ3v) is 3.17. The molecule has 7 heteroatoms. The lowest BCUT2D eigenvalue weighted by molar-refractivity contribution is -0.289. The molecule has 0 unspecified atom stereocenters. The molecule has 1 aromatic carbocycles. The summed E-state index contributed by atoms with van der Waals surface area (Å²) in [6.07, 6.45) is -5.91. The van der Waals surface area contributed by atoms with Gasteiger partial charge in [-0.05, 0) is 32.0 Å². The third kappa shape index (κ3) is 2.25. The van der Waals surface area contributed by atoms with Crippen LogP contribution in [0.2, 0.25) is 0 Å². The van der Waals surface area contributed by atoms with Gasteiger partial charge in [0.1, 0.15) is 5.75 Å². The fourth-order valence-corrected chi connectivity index (χ4v) is 1.89. The smallest absolute Gasteiger partial charge is 0.458 e. The predicted molar refractivity (Wildman–Crippen MR) is 59.8 cm³/mol. The summed E-state index contributed by atoms with van der Waals surface area (Å²) in [5, 5.41) is 0. The number of hydrogen-bond acceptors (Lipinski definition) is 2. The summed E-state index contributed by atoms with van der Waals surface area (Å²) in [6, 6.07) is 2.38. The molecule has 0 atom stereocenters. The van der Waals surface area contributed by atoms with Crippen molar-refractivity contribution >= 4 is 5.78 Å². The van der Waals surface area contributed by atoms with E-state index in [1.54, 1.807) is 0 Å². The van der Waals surface area contributed by atoms with Crippen LogP contribution in [0, 0.1) is 0 Å². The van der Waals surface area contributed by atoms with Crippen LogP contribution in [0.15, 0.2) is 18.2 Å². The van der Waals surface area contributed by atoms with E-state index in [1.165, 1.54) is 13.8 Å². The molecule has 0 amide bonds. The third-order valence-electron chi connectivity index (χ3n) is 3.17. The Bertz CT molecular complexity index is 560. The van der Waals surface area contributed by atoms with E-state index < -0.39 is 23.3 Å². The van der Waals surface area contributed by atoms with Gasteiger partial charge in [0.25, 0.3) is 0 Å². The monoisotopic (exact) mass is 294 g/mol. The van der Waals surface area contributed by atoms with Gasteiger partial charge < -0.3 is 4.74 Å². The van der Waals surface area contributed by atoms with Gasteiger partial charge in [0, 0.05) is 17.5 Å². The zero-order chi connectivity index (χ0) is 15.3. The molecule has 1 aliphatic rings. The summed E-state index contributed by atoms with van der Waals surface area (Å²) in [5.41, 5.74) is -2.27. The van der Waals surface area contributed by atoms with Crippen molar-refractivity contribution in [1.29, 1.82) is 0 Å². The van der Waals surface area contributed by atoms with Gasteiger partial charge in [-0.15, -0.1) is 0 Å². The van der Waals surface area contributed by atoms with E-state index in [4.69, 9.17) is 4.74 Å². The van der Waals surface area contributed by atoms with Crippen molar-refractivity contribution in [2.24, 2.45) is 0 Å². The lowest BCUT2D eigenvalue weighted by Gasteiger charge is -2.31. The van der Waals surface area contributed by atoms with Crippen molar-refractivity contribution in [3.63, 3.8) is 0 Å². The summed E-state index contributed by atoms with van der Waals surface area (Å²) >= 11 is 0. The number of alkyl halides is 5. The van der Waals surface area contributed by atoms with Crippen molar-refractivity contribution in [3.8, 4) is 5.75 Å². The van der Waals surface area contributed by atoms with Crippen LogP contribution in [-0.4, -0.2) is 17.6 Å². The quantitative estimate of drug-likeness (QED) is 0.739. The van der Waals surface area contributed by atoms with E-state index in [9.17, 15) is 26.7 Å². The molecule has 0 spiro atoms. The molecule has 0 aromatic heterocycles. The molecule has 2 rings (SSSR count). The molecule has 0 fully saturated rings. The number of fused-ring (bicyclic) bond motifs is 1. The number of Topliss-reactive ketones (excluding diaryl/α,β-unsaturated/α-hetero) is 1. The van der Waals surface area contributed by atoms with Crippen LogP contribution in [0.1, 0.15) is 25.0 Å². The maximum atomic E-state index is 13.2. The molecule has 0 N–H and O–H groups in total. The highest BCUT2D eigenvalue weighted by Gasteiger charge is 2.58. The molecular formula is C13H11F5O2. The number of carbonyl (C=O) groups is 1. The number of benzene rings is 1. The van der Waals surface area contributed by atoms with Crippen molar-refractivity contribution in [1.82, 2.24) is 0 Å². The second kappa shape index (κ2) is 4.17. The summed E-state index contributed by atoms with van der Waals surface area (Å²) in [7, 11) is 0. The minimum atomic E-state index is -5.68. The SMILES string of the molecule is CC1(C)Oc2ccc(C(F)(F)C(F)(F)F)cc2CC1=O. The molecule has 1 aliphatic heterocycles. The number of rotatable bonds is 1. The van der Waals surface area contributed by atoms with Crippen LogP contribution < -0.4 is 4.74 Å². The Kier molecular flexibility index (Phi) is 3.07. The van der Waals surface area contributed by atoms with Gasteiger partial charge in [-0.25, -0.2) is 0 Å². The molecule has 0 saturated carbocycles. The Labute approximate surface area is 111 Å². The number of halogens is 5. The molecule has 20 heavy (non-hydrogen) atoms. The van der Waals surface area contributed by atoms with Gasteiger partial charge in [-0.2, -0.15) is 22.0 Å². The maximum absolute atomic E-state index is 13.2. The summed E-state index contributed by atoms with van der Waals surface area (Å²) in [4.78, 5) is 11.7. The molecule has 1 heterocycles. The van der Waals surface area contributed by atoms with Crippen molar-refractivity contribution < 1.29 is 31.5 Å². The van der Waals surface area contributed by atoms with Crippen LogP contribution in [-0.2, 0) is 17.1 Å². The van der Waals surface area contributed by atoms with E-state index in [0.717, 1.165) is 6.07 Å². The highest BCUT2D eigenvalue weighted by molar-refractivity contribution is 5.90. The fourth-order valence-electron chi connectivity index (χ4n) is 1.89. The van der Waals surface area contributed by atoms with Crippen LogP contribution in [0.5, 0.6) is 5.75 Å². The fraction of sp³-hybridized carbons (Fsp3) is 0.462. The van der Waals surface area contributed by atoms with Gasteiger partial charge in [0.05, 0.1) is 0 Å². The summed E-state index contributed by atoms with van der Waals surface area (Å²) < 4.78 is 68.7. The summed E-state index contributed by atoms with van der Waals surface area (Å²) in [6.45, 7) is 3.02. The number of ether oxygens (including phenoxy) is 1. The lowest BCUT2D eigenvalue weighted by Crippen LogP contribution is -2.43. The molecular weight excluding hydrogens is 283 g/mol. The Morgan fingerprint density at radius 2 is 1.75 bits per heavy atom. The summed E-state index contributed by atoms with van der Waals surface area (Å²) in [5.74, 6) is -5.19. The van der Waals surface area contributed by atoms with Gasteiger partial charge >= 0.3 is 12.1 Å². The highest BCUT2D eigenvalue weighted by atomic mass is 19.4. The van der Waals surface area contributed by atoms with Crippen molar-refractivity contribution in [2.75, 3.05) is 0 Å². The van der Waals surface area contributed by atoms with Gasteiger partial charge in [-0.3, -0.25) is 4.79 Å². The van der Waals surface area contributed by atoms with Crippen molar-refractivity contribution in [3.05, 3.63) is 29.3 Å². The number of hydrogen-bond donors (Lipinski definition) is 0.